The summed E-state index contributed by atoms with van der Waals surface area (Å²) in [5, 5.41) is 0. The van der Waals surface area contributed by atoms with Gasteiger partial charge in [0.1, 0.15) is 0 Å². The van der Waals surface area contributed by atoms with E-state index in [0.717, 1.165) is 101 Å². The minimum absolute atomic E-state index is 0. The molecule has 1 N–H and O–H groups in total. The Bertz CT molecular complexity index is 3000. The fourth-order valence-corrected chi connectivity index (χ4v) is 7.92. The Balaban J connectivity index is 0.00000422. The predicted octanol–water partition coefficient (Wildman–Crippen LogP) is 13.2. The van der Waals surface area contributed by atoms with E-state index in [1.807, 2.05) is 6.08 Å². The molecule has 10 rings (SSSR count). The van der Waals surface area contributed by atoms with Gasteiger partial charge < -0.3 is 9.55 Å². The first-order valence-corrected chi connectivity index (χ1v) is 18.9. The molecule has 2 aliphatic heterocycles. The van der Waals surface area contributed by atoms with E-state index in [1.165, 1.54) is 0 Å². The Labute approximate surface area is 346 Å². The molecule has 3 aromatic heterocycles. The van der Waals surface area contributed by atoms with Gasteiger partial charge in [-0.05, 0) is 88.5 Å². The molecule has 0 saturated carbocycles. The van der Waals surface area contributed by atoms with Crippen molar-refractivity contribution in [2.45, 2.75) is 0 Å². The monoisotopic (exact) mass is 911 g/mol. The van der Waals surface area contributed by atoms with E-state index >= 15 is 0 Å². The number of nitrogens with one attached hydrogen (secondary N) is 1. The standard InChI is InChI=1S/C52H36N4.Pt/c1-2-35-23-25-36(26-24-35)46-33-44-32-42-28-27-40(53-42)31-41-29-30-43(54-41)34-47-48(37-15-7-3-8-16-37)49(38-17-9-4-10-18-38)52(56(47)45-21-13-6-14-22-45)50(51(46)55-44)39-19-11-5-12-20-39;/h2-34,53H,1H2;. The molecule has 2 aliphatic rings. The molecule has 57 heavy (non-hydrogen) atoms. The second kappa shape index (κ2) is 15.3. The normalized spacial score (nSPS) is 11.8. The molecule has 8 bridgehead atoms. The zero-order valence-corrected chi connectivity index (χ0v) is 33.2. The molecular formula is C52H36N4Pt. The Kier molecular flexibility index (Phi) is 9.64. The van der Waals surface area contributed by atoms with Crippen molar-refractivity contribution in [3.8, 4) is 39.1 Å². The van der Waals surface area contributed by atoms with Gasteiger partial charge in [0.2, 0.25) is 0 Å². The third-order valence-corrected chi connectivity index (χ3v) is 10.4. The number of aromatic amines is 1. The van der Waals surface area contributed by atoms with E-state index in [4.69, 9.17) is 9.97 Å². The fourth-order valence-electron chi connectivity index (χ4n) is 7.92. The van der Waals surface area contributed by atoms with E-state index in [2.05, 4.69) is 210 Å². The molecule has 0 spiro atoms. The molecular weight excluding hydrogens is 876 g/mol. The van der Waals surface area contributed by atoms with Crippen molar-refractivity contribution in [1.29, 1.82) is 0 Å². The van der Waals surface area contributed by atoms with Crippen LogP contribution in [0.5, 0.6) is 0 Å². The van der Waals surface area contributed by atoms with E-state index < -0.39 is 0 Å². The largest absolute Gasteiger partial charge is 0.355 e. The molecule has 8 aromatic rings. The van der Waals surface area contributed by atoms with Crippen LogP contribution in [0.15, 0.2) is 183 Å². The first-order chi connectivity index (χ1) is 27.7. The van der Waals surface area contributed by atoms with E-state index in [1.54, 1.807) is 0 Å². The summed E-state index contributed by atoms with van der Waals surface area (Å²) in [6.45, 7) is 4.02. The number of H-pyrrole nitrogens is 1. The zero-order chi connectivity index (χ0) is 37.4. The number of nitrogens with zero attached hydrogens (tertiary/aromatic N) is 3. The maximum absolute atomic E-state index is 5.59. The summed E-state index contributed by atoms with van der Waals surface area (Å²) >= 11 is 0. The van der Waals surface area contributed by atoms with Crippen molar-refractivity contribution in [2.75, 3.05) is 0 Å². The van der Waals surface area contributed by atoms with Crippen LogP contribution >= 0.6 is 0 Å². The molecule has 5 heteroatoms. The van der Waals surface area contributed by atoms with Crippen molar-refractivity contribution in [1.82, 2.24) is 19.5 Å². The summed E-state index contributed by atoms with van der Waals surface area (Å²) in [5.41, 5.74) is 18.3. The van der Waals surface area contributed by atoms with Crippen LogP contribution in [-0.2, 0) is 21.1 Å². The SMILES string of the molecule is C=Cc1ccc(C2=Cc3cc4ccc(cc5nc(cc6c(-c7ccccc7)c(-c7ccccc7)c(c(-c7ccccc7)c2n3)n6-c2ccccc2)C=C5)[nH]4)cc1.[Pt]. The van der Waals surface area contributed by atoms with Crippen LogP contribution in [0.4, 0.5) is 0 Å². The molecule has 274 valence electrons. The van der Waals surface area contributed by atoms with Gasteiger partial charge in [-0.3, -0.25) is 0 Å². The summed E-state index contributed by atoms with van der Waals surface area (Å²) in [4.78, 5) is 14.3. The summed E-state index contributed by atoms with van der Waals surface area (Å²) < 4.78 is 2.43. The Morgan fingerprint density at radius 2 is 1.02 bits per heavy atom. The molecule has 0 radical (unpaired) electrons. The van der Waals surface area contributed by atoms with Crippen LogP contribution in [0.1, 0.15) is 33.9 Å². The summed E-state index contributed by atoms with van der Waals surface area (Å²) in [7, 11) is 0. The predicted molar refractivity (Wildman–Crippen MR) is 235 cm³/mol. The second-order valence-electron chi connectivity index (χ2n) is 14.0. The second-order valence-corrected chi connectivity index (χ2v) is 14.0. The van der Waals surface area contributed by atoms with Crippen molar-refractivity contribution in [3.63, 3.8) is 0 Å². The average Bonchev–Trinajstić information content (AvgIpc) is 4.06. The third-order valence-electron chi connectivity index (χ3n) is 10.4. The van der Waals surface area contributed by atoms with Gasteiger partial charge in [0.15, 0.2) is 0 Å². The minimum Gasteiger partial charge on any atom is -0.355 e. The molecule has 0 unspecified atom stereocenters. The van der Waals surface area contributed by atoms with Crippen LogP contribution in [0.25, 0.3) is 91.0 Å². The van der Waals surface area contributed by atoms with Crippen molar-refractivity contribution < 1.29 is 21.1 Å². The van der Waals surface area contributed by atoms with Gasteiger partial charge in [0.25, 0.3) is 0 Å². The molecule has 0 amide bonds. The van der Waals surface area contributed by atoms with Crippen LogP contribution in [-0.4, -0.2) is 19.5 Å². The van der Waals surface area contributed by atoms with Crippen LogP contribution < -0.4 is 0 Å². The van der Waals surface area contributed by atoms with Gasteiger partial charge in [0, 0.05) is 60.0 Å². The molecule has 5 aromatic carbocycles. The number of fused-ring (bicyclic) bond motifs is 8. The van der Waals surface area contributed by atoms with Crippen LogP contribution in [0, 0.1) is 0 Å². The molecule has 0 aliphatic carbocycles. The summed E-state index contributed by atoms with van der Waals surface area (Å²) in [6.07, 6.45) is 8.29. The number of benzene rings is 5. The molecule has 0 fully saturated rings. The third kappa shape index (κ3) is 6.75. The number of hydrogen-bond donors (Lipinski definition) is 1. The van der Waals surface area contributed by atoms with Gasteiger partial charge in [-0.15, -0.1) is 0 Å². The van der Waals surface area contributed by atoms with Gasteiger partial charge in [0.05, 0.1) is 33.8 Å². The molecule has 4 nitrogen and oxygen atoms in total. The number of para-hydroxylation sites is 1. The fraction of sp³-hybridized carbons (Fsp3) is 0. The zero-order valence-electron chi connectivity index (χ0n) is 30.9. The number of aromatic nitrogens is 4. The first-order valence-electron chi connectivity index (χ1n) is 18.9. The van der Waals surface area contributed by atoms with Gasteiger partial charge in [-0.2, -0.15) is 0 Å². The van der Waals surface area contributed by atoms with E-state index in [0.29, 0.717) is 0 Å². The van der Waals surface area contributed by atoms with Crippen molar-refractivity contribution in [2.24, 2.45) is 0 Å². The van der Waals surface area contributed by atoms with E-state index in [-0.39, 0.29) is 21.1 Å². The quantitative estimate of drug-likeness (QED) is 0.181. The maximum atomic E-state index is 5.59. The van der Waals surface area contributed by atoms with Gasteiger partial charge in [-0.1, -0.05) is 146 Å². The van der Waals surface area contributed by atoms with E-state index in [9.17, 15) is 0 Å². The number of hydrogen-bond acceptors (Lipinski definition) is 2. The van der Waals surface area contributed by atoms with Crippen LogP contribution in [0.3, 0.4) is 0 Å². The molecule has 0 atom stereocenters. The minimum atomic E-state index is 0. The topological polar surface area (TPSA) is 46.5 Å². The average molecular weight is 912 g/mol. The summed E-state index contributed by atoms with van der Waals surface area (Å²) in [6, 6.07) is 62.2. The molecule has 0 saturated heterocycles. The van der Waals surface area contributed by atoms with Gasteiger partial charge in [-0.25, -0.2) is 9.97 Å². The van der Waals surface area contributed by atoms with Gasteiger partial charge >= 0.3 is 0 Å². The maximum Gasteiger partial charge on any atom is 0.0815 e. The van der Waals surface area contributed by atoms with Crippen molar-refractivity contribution >= 4 is 51.9 Å². The molecule has 5 heterocycles. The number of rotatable bonds is 6. The Morgan fingerprint density at radius 1 is 0.491 bits per heavy atom. The van der Waals surface area contributed by atoms with Crippen LogP contribution in [0.2, 0.25) is 0 Å². The Morgan fingerprint density at radius 3 is 1.61 bits per heavy atom. The Hall–Kier alpha value is -6.87. The first kappa shape index (κ1) is 35.8. The summed E-state index contributed by atoms with van der Waals surface area (Å²) in [5.74, 6) is 0. The smallest absolute Gasteiger partial charge is 0.0815 e. The van der Waals surface area contributed by atoms with Crippen molar-refractivity contribution in [3.05, 3.63) is 216 Å².